The van der Waals surface area contributed by atoms with Gasteiger partial charge in [-0.05, 0) is 42.7 Å². The number of ether oxygens (including phenoxy) is 1. The van der Waals surface area contributed by atoms with Gasteiger partial charge >= 0.3 is 0 Å². The summed E-state index contributed by atoms with van der Waals surface area (Å²) in [5, 5.41) is 0. The van der Waals surface area contributed by atoms with Crippen molar-refractivity contribution in [1.29, 1.82) is 0 Å². The quantitative estimate of drug-likeness (QED) is 0.347. The molecule has 0 heterocycles. The van der Waals surface area contributed by atoms with Crippen LogP contribution in [0.4, 0.5) is 17.6 Å². The van der Waals surface area contributed by atoms with Gasteiger partial charge in [-0.1, -0.05) is 48.6 Å². The summed E-state index contributed by atoms with van der Waals surface area (Å²) in [6.07, 6.45) is 3.08. The minimum atomic E-state index is -1.03. The van der Waals surface area contributed by atoms with Crippen LogP contribution >= 0.6 is 0 Å². The number of hydrogen-bond acceptors (Lipinski definition) is 1. The Hall–Kier alpha value is -3.08. The topological polar surface area (TPSA) is 9.23 Å². The van der Waals surface area contributed by atoms with Crippen LogP contribution in [0, 0.1) is 30.2 Å². The molecule has 0 spiro atoms. The summed E-state index contributed by atoms with van der Waals surface area (Å²) in [5.41, 5.74) is 1.68. The van der Waals surface area contributed by atoms with E-state index in [0.29, 0.717) is 11.1 Å². The minimum Gasteiger partial charge on any atom is -0.491 e. The van der Waals surface area contributed by atoms with E-state index >= 15 is 0 Å². The van der Waals surface area contributed by atoms with Crippen molar-refractivity contribution in [3.8, 4) is 16.9 Å². The second-order valence-corrected chi connectivity index (χ2v) is 6.23. The third-order valence-corrected chi connectivity index (χ3v) is 4.33. The number of aryl methyl sites for hydroxylation is 1. The Kier molecular flexibility index (Phi) is 5.83. The molecule has 3 rings (SSSR count). The fourth-order valence-electron chi connectivity index (χ4n) is 2.77. The van der Waals surface area contributed by atoms with E-state index in [2.05, 4.69) is 0 Å². The number of rotatable bonds is 5. The van der Waals surface area contributed by atoms with E-state index in [1.54, 1.807) is 37.3 Å². The van der Waals surface area contributed by atoms with Gasteiger partial charge in [0.15, 0.2) is 23.2 Å². The molecule has 0 aliphatic heterocycles. The van der Waals surface area contributed by atoms with E-state index in [4.69, 9.17) is 4.74 Å². The molecule has 0 radical (unpaired) electrons. The summed E-state index contributed by atoms with van der Waals surface area (Å²) in [6.45, 7) is 3.42. The third kappa shape index (κ3) is 3.93. The summed E-state index contributed by atoms with van der Waals surface area (Å²) >= 11 is 0. The Morgan fingerprint density at radius 1 is 0.750 bits per heavy atom. The highest BCUT2D eigenvalue weighted by Gasteiger charge is 2.15. The second-order valence-electron chi connectivity index (χ2n) is 6.23. The van der Waals surface area contributed by atoms with Gasteiger partial charge in [0.2, 0.25) is 5.82 Å². The fraction of sp³-hybridized carbons (Fsp3) is 0.130. The molecule has 5 heteroatoms. The maximum absolute atomic E-state index is 14.3. The van der Waals surface area contributed by atoms with Crippen LogP contribution in [-0.4, -0.2) is 6.61 Å². The van der Waals surface area contributed by atoms with Gasteiger partial charge in [0.05, 0.1) is 6.61 Å². The lowest BCUT2D eigenvalue weighted by Crippen LogP contribution is -1.98. The number of benzene rings is 3. The summed E-state index contributed by atoms with van der Waals surface area (Å²) < 4.78 is 60.9. The number of halogens is 4. The molecule has 28 heavy (non-hydrogen) atoms. The summed E-state index contributed by atoms with van der Waals surface area (Å²) in [6, 6.07) is 12.5. The van der Waals surface area contributed by atoms with Crippen LogP contribution in [0.15, 0.2) is 48.5 Å². The monoisotopic (exact) mass is 386 g/mol. The van der Waals surface area contributed by atoms with Gasteiger partial charge in [0, 0.05) is 11.1 Å². The van der Waals surface area contributed by atoms with Crippen LogP contribution < -0.4 is 4.74 Å². The van der Waals surface area contributed by atoms with Crippen LogP contribution in [0.2, 0.25) is 0 Å². The average Bonchev–Trinajstić information content (AvgIpc) is 2.70. The average molecular weight is 386 g/mol. The molecule has 0 bridgehead atoms. The highest BCUT2D eigenvalue weighted by Crippen LogP contribution is 2.30. The molecule has 0 aromatic heterocycles. The van der Waals surface area contributed by atoms with Crippen molar-refractivity contribution in [3.05, 3.63) is 88.5 Å². The maximum Gasteiger partial charge on any atom is 0.201 e. The van der Waals surface area contributed by atoms with E-state index in [1.165, 1.54) is 37.3 Å². The largest absolute Gasteiger partial charge is 0.491 e. The molecule has 1 nitrogen and oxygen atoms in total. The predicted octanol–water partition coefficient (Wildman–Crippen LogP) is 6.79. The predicted molar refractivity (Wildman–Crippen MR) is 103 cm³/mol. The van der Waals surface area contributed by atoms with Crippen molar-refractivity contribution in [2.75, 3.05) is 6.61 Å². The molecular weight excluding hydrogens is 368 g/mol. The summed E-state index contributed by atoms with van der Waals surface area (Å²) in [4.78, 5) is 0. The van der Waals surface area contributed by atoms with Gasteiger partial charge < -0.3 is 4.74 Å². The van der Waals surface area contributed by atoms with E-state index in [1.807, 2.05) is 0 Å². The molecule has 0 saturated carbocycles. The Balaban J connectivity index is 1.85. The first-order chi connectivity index (χ1) is 13.4. The van der Waals surface area contributed by atoms with Crippen LogP contribution in [-0.2, 0) is 0 Å². The first-order valence-corrected chi connectivity index (χ1v) is 8.76. The maximum atomic E-state index is 14.3. The Morgan fingerprint density at radius 2 is 1.46 bits per heavy atom. The number of hydrogen-bond donors (Lipinski definition) is 0. The molecule has 0 aliphatic carbocycles. The second kappa shape index (κ2) is 8.30. The fourth-order valence-corrected chi connectivity index (χ4v) is 2.77. The molecule has 3 aromatic rings. The highest BCUT2D eigenvalue weighted by atomic mass is 19.2. The smallest absolute Gasteiger partial charge is 0.201 e. The molecule has 0 amide bonds. The van der Waals surface area contributed by atoms with Crippen LogP contribution in [0.1, 0.15) is 23.6 Å². The van der Waals surface area contributed by atoms with Gasteiger partial charge in [0.1, 0.15) is 0 Å². The molecule has 0 unspecified atom stereocenters. The van der Waals surface area contributed by atoms with Gasteiger partial charge in [-0.2, -0.15) is 4.39 Å². The lowest BCUT2D eigenvalue weighted by atomic mass is 10.0. The van der Waals surface area contributed by atoms with Gasteiger partial charge in [-0.3, -0.25) is 0 Å². The van der Waals surface area contributed by atoms with Crippen molar-refractivity contribution in [1.82, 2.24) is 0 Å². The van der Waals surface area contributed by atoms with Gasteiger partial charge in [0.25, 0.3) is 0 Å². The first-order valence-electron chi connectivity index (χ1n) is 8.76. The molecule has 0 saturated heterocycles. The zero-order valence-electron chi connectivity index (χ0n) is 15.4. The van der Waals surface area contributed by atoms with Gasteiger partial charge in [-0.15, -0.1) is 0 Å². The van der Waals surface area contributed by atoms with Gasteiger partial charge in [-0.25, -0.2) is 13.2 Å². The van der Waals surface area contributed by atoms with Crippen molar-refractivity contribution in [2.24, 2.45) is 0 Å². The Bertz CT molecular complexity index is 1020. The zero-order valence-corrected chi connectivity index (χ0v) is 15.4. The van der Waals surface area contributed by atoms with Crippen molar-refractivity contribution < 1.29 is 22.3 Å². The summed E-state index contributed by atoms with van der Waals surface area (Å²) in [5.74, 6) is -3.91. The normalized spacial score (nSPS) is 11.2. The van der Waals surface area contributed by atoms with E-state index in [0.717, 1.165) is 0 Å². The lowest BCUT2D eigenvalue weighted by molar-refractivity contribution is 0.314. The molecule has 0 fully saturated rings. The molecular formula is C23H18F4O. The third-order valence-electron chi connectivity index (χ3n) is 4.33. The molecule has 0 aliphatic rings. The molecule has 3 aromatic carbocycles. The molecule has 144 valence electrons. The van der Waals surface area contributed by atoms with E-state index in [-0.39, 0.29) is 29.0 Å². The van der Waals surface area contributed by atoms with Crippen molar-refractivity contribution in [3.63, 3.8) is 0 Å². The Labute approximate surface area is 160 Å². The SMILES string of the molecule is CCOc1ccc(-c2ccc(/C=C/c3ccc(C)c(F)c3F)cc2)c(F)c1F. The Morgan fingerprint density at radius 3 is 2.14 bits per heavy atom. The zero-order chi connectivity index (χ0) is 20.3. The van der Waals surface area contributed by atoms with E-state index in [9.17, 15) is 17.6 Å². The van der Waals surface area contributed by atoms with Crippen molar-refractivity contribution >= 4 is 12.2 Å². The standard InChI is InChI=1S/C23H18F4O/c1-3-28-19-13-12-18(22(26)23(19)27)16-9-5-15(6-10-16)7-11-17-8-4-14(2)20(24)21(17)25/h4-13H,3H2,1-2H3/b11-7+. The molecule has 0 atom stereocenters. The minimum absolute atomic E-state index is 0.114. The van der Waals surface area contributed by atoms with Crippen molar-refractivity contribution in [2.45, 2.75) is 13.8 Å². The first kappa shape index (κ1) is 19.7. The van der Waals surface area contributed by atoms with Crippen LogP contribution in [0.3, 0.4) is 0 Å². The van der Waals surface area contributed by atoms with Crippen LogP contribution in [0.25, 0.3) is 23.3 Å². The molecule has 0 N–H and O–H groups in total. The summed E-state index contributed by atoms with van der Waals surface area (Å²) in [7, 11) is 0. The van der Waals surface area contributed by atoms with E-state index < -0.39 is 23.3 Å². The highest BCUT2D eigenvalue weighted by molar-refractivity contribution is 5.73. The lowest BCUT2D eigenvalue weighted by Gasteiger charge is -2.09. The van der Waals surface area contributed by atoms with Crippen LogP contribution in [0.5, 0.6) is 5.75 Å².